The molecule has 68 valence electrons. The molecule has 0 spiro atoms. The highest BCUT2D eigenvalue weighted by molar-refractivity contribution is 4.79. The molecular formula is C11H24. The predicted octanol–water partition coefficient (Wildman–Crippen LogP) is 4.44. The largest absolute Gasteiger partial charge is 0.0919 e. The third kappa shape index (κ3) is 43.8. The lowest BCUT2D eigenvalue weighted by Gasteiger charge is -1.86. The fourth-order valence-electron chi connectivity index (χ4n) is 0.385. The molecule has 0 aliphatic heterocycles. The molecule has 0 aromatic rings. The summed E-state index contributed by atoms with van der Waals surface area (Å²) in [5.74, 6) is 0.718. The summed E-state index contributed by atoms with van der Waals surface area (Å²) in [5.41, 5.74) is 0. The van der Waals surface area contributed by atoms with E-state index < -0.39 is 0 Å². The molecule has 0 radical (unpaired) electrons. The molecule has 0 heterocycles. The Morgan fingerprint density at radius 3 is 1.18 bits per heavy atom. The second kappa shape index (κ2) is 16.2. The number of hydrogen-bond acceptors (Lipinski definition) is 0. The van der Waals surface area contributed by atoms with E-state index in [-0.39, 0.29) is 7.43 Å². The fourth-order valence-corrected chi connectivity index (χ4v) is 0.385. The highest BCUT2D eigenvalue weighted by atomic mass is 13.8. The zero-order chi connectivity index (χ0) is 8.41. The molecule has 0 saturated carbocycles. The first-order chi connectivity index (χ1) is 4.68. The van der Waals surface area contributed by atoms with Gasteiger partial charge in [0.2, 0.25) is 0 Å². The first-order valence-electron chi connectivity index (χ1n) is 3.89. The Bertz CT molecular complexity index is 82.2. The molecule has 0 fully saturated rings. The van der Waals surface area contributed by atoms with Crippen molar-refractivity contribution < 1.29 is 0 Å². The molecule has 0 aromatic carbocycles. The standard InChI is InChI=1S/C6H12.C4H8.CH4/c1-4-5-6(2)3;1-3-4-2;/h4-6H,1-3H3;3-4H,1-2H3;1H4. The predicted molar refractivity (Wildman–Crippen MR) is 56.9 cm³/mol. The van der Waals surface area contributed by atoms with Crippen LogP contribution in [0.25, 0.3) is 0 Å². The van der Waals surface area contributed by atoms with Gasteiger partial charge in [0.15, 0.2) is 0 Å². The summed E-state index contributed by atoms with van der Waals surface area (Å²) < 4.78 is 0. The van der Waals surface area contributed by atoms with E-state index in [1.807, 2.05) is 32.9 Å². The SMILES string of the molecule is C.CC=CC.CC=CC(C)C. The molecule has 0 bridgehead atoms. The van der Waals surface area contributed by atoms with Crippen molar-refractivity contribution in [1.29, 1.82) is 0 Å². The molecular weight excluding hydrogens is 132 g/mol. The Kier molecular flexibility index (Phi) is 24.8. The van der Waals surface area contributed by atoms with Crippen molar-refractivity contribution in [2.75, 3.05) is 0 Å². The quantitative estimate of drug-likeness (QED) is 0.492. The Balaban J connectivity index is -0.000000114. The summed E-state index contributed by atoms with van der Waals surface area (Å²) in [6.45, 7) is 10.4. The zero-order valence-corrected chi connectivity index (χ0v) is 7.89. The Morgan fingerprint density at radius 2 is 1.18 bits per heavy atom. The maximum Gasteiger partial charge on any atom is -0.0291 e. The number of allylic oxidation sites excluding steroid dienone is 4. The molecule has 0 aliphatic rings. The van der Waals surface area contributed by atoms with Crippen LogP contribution in [-0.2, 0) is 0 Å². The molecule has 0 aromatic heterocycles. The smallest absolute Gasteiger partial charge is 0.0291 e. The molecule has 0 unspecified atom stereocenters. The van der Waals surface area contributed by atoms with Crippen LogP contribution in [-0.4, -0.2) is 0 Å². The fraction of sp³-hybridized carbons (Fsp3) is 0.636. The van der Waals surface area contributed by atoms with Crippen molar-refractivity contribution in [3.05, 3.63) is 24.3 Å². The van der Waals surface area contributed by atoms with Gasteiger partial charge in [-0.3, -0.25) is 0 Å². The van der Waals surface area contributed by atoms with Crippen LogP contribution < -0.4 is 0 Å². The average Bonchev–Trinajstić information content (AvgIpc) is 1.89. The van der Waals surface area contributed by atoms with Crippen LogP contribution in [0.4, 0.5) is 0 Å². The lowest BCUT2D eigenvalue weighted by atomic mass is 10.2. The minimum Gasteiger partial charge on any atom is -0.0919 e. The summed E-state index contributed by atoms with van der Waals surface area (Å²) >= 11 is 0. The van der Waals surface area contributed by atoms with Gasteiger partial charge in [0.1, 0.15) is 0 Å². The van der Waals surface area contributed by atoms with Crippen LogP contribution >= 0.6 is 0 Å². The van der Waals surface area contributed by atoms with Crippen LogP contribution in [0.2, 0.25) is 0 Å². The van der Waals surface area contributed by atoms with Gasteiger partial charge in [0.05, 0.1) is 0 Å². The molecule has 0 rings (SSSR count). The van der Waals surface area contributed by atoms with E-state index in [4.69, 9.17) is 0 Å². The molecule has 0 heteroatoms. The Morgan fingerprint density at radius 1 is 0.818 bits per heavy atom. The van der Waals surface area contributed by atoms with Crippen LogP contribution in [0.5, 0.6) is 0 Å². The average molecular weight is 156 g/mol. The third-order valence-electron chi connectivity index (χ3n) is 0.911. The second-order valence-corrected chi connectivity index (χ2v) is 2.44. The first-order valence-corrected chi connectivity index (χ1v) is 3.89. The Labute approximate surface area is 73.0 Å². The van der Waals surface area contributed by atoms with Crippen molar-refractivity contribution in [2.45, 2.75) is 42.0 Å². The second-order valence-electron chi connectivity index (χ2n) is 2.44. The van der Waals surface area contributed by atoms with Crippen LogP contribution in [0.15, 0.2) is 24.3 Å². The summed E-state index contributed by atoms with van der Waals surface area (Å²) in [6, 6.07) is 0. The lowest BCUT2D eigenvalue weighted by Crippen LogP contribution is -1.73. The van der Waals surface area contributed by atoms with Gasteiger partial charge in [-0.2, -0.15) is 0 Å². The monoisotopic (exact) mass is 156 g/mol. The van der Waals surface area contributed by atoms with E-state index in [1.165, 1.54) is 0 Å². The van der Waals surface area contributed by atoms with Gasteiger partial charge in [0.25, 0.3) is 0 Å². The van der Waals surface area contributed by atoms with E-state index >= 15 is 0 Å². The summed E-state index contributed by atoms with van der Waals surface area (Å²) in [5, 5.41) is 0. The zero-order valence-electron chi connectivity index (χ0n) is 7.89. The van der Waals surface area contributed by atoms with Gasteiger partial charge in [-0.05, 0) is 26.7 Å². The molecule has 0 nitrogen and oxygen atoms in total. The maximum absolute atomic E-state index is 2.17. The minimum atomic E-state index is 0. The highest BCUT2D eigenvalue weighted by Crippen LogP contribution is 1.90. The lowest BCUT2D eigenvalue weighted by molar-refractivity contribution is 0.830. The maximum atomic E-state index is 2.17. The van der Waals surface area contributed by atoms with E-state index in [2.05, 4.69) is 26.0 Å². The van der Waals surface area contributed by atoms with Crippen molar-refractivity contribution in [2.24, 2.45) is 5.92 Å². The highest BCUT2D eigenvalue weighted by Gasteiger charge is 1.76. The third-order valence-corrected chi connectivity index (χ3v) is 0.911. The molecule has 0 atom stereocenters. The normalized spacial score (nSPS) is 9.64. The topological polar surface area (TPSA) is 0 Å². The minimum absolute atomic E-state index is 0. The van der Waals surface area contributed by atoms with Crippen LogP contribution in [0.1, 0.15) is 42.0 Å². The van der Waals surface area contributed by atoms with Gasteiger partial charge in [-0.1, -0.05) is 45.6 Å². The van der Waals surface area contributed by atoms with Gasteiger partial charge in [-0.15, -0.1) is 0 Å². The molecule has 0 N–H and O–H groups in total. The van der Waals surface area contributed by atoms with Crippen molar-refractivity contribution in [3.8, 4) is 0 Å². The van der Waals surface area contributed by atoms with Gasteiger partial charge < -0.3 is 0 Å². The summed E-state index contributed by atoms with van der Waals surface area (Å²) in [4.78, 5) is 0. The van der Waals surface area contributed by atoms with Gasteiger partial charge in [0, 0.05) is 0 Å². The van der Waals surface area contributed by atoms with Crippen LogP contribution in [0, 0.1) is 5.92 Å². The van der Waals surface area contributed by atoms with E-state index in [9.17, 15) is 0 Å². The van der Waals surface area contributed by atoms with Crippen molar-refractivity contribution in [3.63, 3.8) is 0 Å². The van der Waals surface area contributed by atoms with Gasteiger partial charge >= 0.3 is 0 Å². The Hall–Kier alpha value is -0.520. The summed E-state index contributed by atoms with van der Waals surface area (Å²) in [6.07, 6.45) is 8.24. The van der Waals surface area contributed by atoms with E-state index in [0.29, 0.717) is 0 Å². The van der Waals surface area contributed by atoms with Gasteiger partial charge in [-0.25, -0.2) is 0 Å². The van der Waals surface area contributed by atoms with E-state index in [1.54, 1.807) is 0 Å². The van der Waals surface area contributed by atoms with Crippen molar-refractivity contribution >= 4 is 0 Å². The molecule has 0 aliphatic carbocycles. The van der Waals surface area contributed by atoms with Crippen molar-refractivity contribution in [1.82, 2.24) is 0 Å². The number of hydrogen-bond donors (Lipinski definition) is 0. The van der Waals surface area contributed by atoms with Crippen LogP contribution in [0.3, 0.4) is 0 Å². The number of rotatable bonds is 1. The first kappa shape index (κ1) is 16.8. The molecule has 11 heavy (non-hydrogen) atoms. The molecule has 0 amide bonds. The van der Waals surface area contributed by atoms with E-state index in [0.717, 1.165) is 5.92 Å². The summed E-state index contributed by atoms with van der Waals surface area (Å²) in [7, 11) is 0. The molecule has 0 saturated heterocycles.